The van der Waals surface area contributed by atoms with E-state index in [1.165, 1.54) is 41.7 Å². The molecule has 30 heavy (non-hydrogen) atoms. The van der Waals surface area contributed by atoms with Crippen LogP contribution in [0.1, 0.15) is 5.69 Å². The van der Waals surface area contributed by atoms with E-state index in [1.54, 1.807) is 18.2 Å². The Morgan fingerprint density at radius 3 is 2.73 bits per heavy atom. The van der Waals surface area contributed by atoms with Gasteiger partial charge >= 0.3 is 11.7 Å². The van der Waals surface area contributed by atoms with Crippen molar-refractivity contribution < 1.29 is 18.4 Å². The van der Waals surface area contributed by atoms with Gasteiger partial charge in [-0.25, -0.2) is 14.2 Å². The highest BCUT2D eigenvalue weighted by atomic mass is 19.1. The summed E-state index contributed by atoms with van der Waals surface area (Å²) in [7, 11) is 2.83. The second-order valence-corrected chi connectivity index (χ2v) is 6.57. The Bertz CT molecular complexity index is 1380. The topological polar surface area (TPSA) is 114 Å². The van der Waals surface area contributed by atoms with E-state index in [1.807, 2.05) is 0 Å². The number of ether oxygens (including phenoxy) is 1. The second kappa shape index (κ2) is 7.43. The van der Waals surface area contributed by atoms with Crippen LogP contribution in [0.3, 0.4) is 0 Å². The first-order valence-electron chi connectivity index (χ1n) is 8.83. The number of fused-ring (bicyclic) bond motifs is 1. The minimum Gasteiger partial charge on any atom is -0.458 e. The van der Waals surface area contributed by atoms with E-state index in [4.69, 9.17) is 9.26 Å². The average Bonchev–Trinajstić information content (AvgIpc) is 3.37. The number of benzene rings is 1. The van der Waals surface area contributed by atoms with Crippen LogP contribution in [0, 0.1) is 5.82 Å². The number of carbonyl (C=O) groups excluding carboxylic acids is 1. The fourth-order valence-corrected chi connectivity index (χ4v) is 3.02. The minimum atomic E-state index is -0.652. The molecule has 1 aromatic carbocycles. The molecule has 0 N–H and O–H groups in total. The smallest absolute Gasteiger partial charge is 0.332 e. The summed E-state index contributed by atoms with van der Waals surface area (Å²) in [4.78, 5) is 40.6. The highest BCUT2D eigenvalue weighted by Crippen LogP contribution is 2.23. The molecule has 0 bridgehead atoms. The molecule has 0 atom stereocenters. The number of esters is 1. The lowest BCUT2D eigenvalue weighted by Crippen LogP contribution is -2.37. The molecule has 0 unspecified atom stereocenters. The molecule has 0 aliphatic carbocycles. The monoisotopic (exact) mass is 413 g/mol. The predicted molar refractivity (Wildman–Crippen MR) is 102 cm³/mol. The van der Waals surface area contributed by atoms with Crippen LogP contribution in [0.4, 0.5) is 4.39 Å². The molecule has 0 fully saturated rings. The van der Waals surface area contributed by atoms with Gasteiger partial charge in [0.25, 0.3) is 5.56 Å². The van der Waals surface area contributed by atoms with Crippen LogP contribution in [-0.4, -0.2) is 29.8 Å². The van der Waals surface area contributed by atoms with Crippen LogP contribution in [0.5, 0.6) is 0 Å². The zero-order chi connectivity index (χ0) is 21.4. The third-order valence-electron chi connectivity index (χ3n) is 4.60. The molecule has 4 aromatic rings. The zero-order valence-corrected chi connectivity index (χ0v) is 16.0. The van der Waals surface area contributed by atoms with Crippen molar-refractivity contribution in [1.82, 2.24) is 23.8 Å². The Morgan fingerprint density at radius 1 is 1.20 bits per heavy atom. The SMILES string of the molecule is Cn1c(=O)c2c(ncn2CC(=O)OCc2cc(-c3ccccc3F)on2)n(C)c1=O. The lowest BCUT2D eigenvalue weighted by atomic mass is 10.1. The molecule has 10 nitrogen and oxygen atoms in total. The number of carbonyl (C=O) groups is 1. The van der Waals surface area contributed by atoms with Gasteiger partial charge in [0.1, 0.15) is 24.7 Å². The zero-order valence-electron chi connectivity index (χ0n) is 16.0. The summed E-state index contributed by atoms with van der Waals surface area (Å²) >= 11 is 0. The van der Waals surface area contributed by atoms with Crippen molar-refractivity contribution >= 4 is 17.1 Å². The summed E-state index contributed by atoms with van der Waals surface area (Å²) in [5.74, 6) is -0.898. The first-order chi connectivity index (χ1) is 14.4. The highest BCUT2D eigenvalue weighted by Gasteiger charge is 2.17. The normalized spacial score (nSPS) is 11.2. The van der Waals surface area contributed by atoms with Gasteiger partial charge in [-0.1, -0.05) is 17.3 Å². The van der Waals surface area contributed by atoms with Crippen molar-refractivity contribution in [3.63, 3.8) is 0 Å². The van der Waals surface area contributed by atoms with Gasteiger partial charge < -0.3 is 13.8 Å². The third-order valence-corrected chi connectivity index (χ3v) is 4.60. The van der Waals surface area contributed by atoms with E-state index < -0.39 is 23.0 Å². The maximum Gasteiger partial charge on any atom is 0.332 e. The summed E-state index contributed by atoms with van der Waals surface area (Å²) in [6.07, 6.45) is 1.29. The van der Waals surface area contributed by atoms with Crippen LogP contribution < -0.4 is 11.2 Å². The Hall–Kier alpha value is -4.02. The predicted octanol–water partition coefficient (Wildman–Crippen LogP) is 0.971. The second-order valence-electron chi connectivity index (χ2n) is 6.57. The van der Waals surface area contributed by atoms with Crippen molar-refractivity contribution in [1.29, 1.82) is 0 Å². The van der Waals surface area contributed by atoms with Crippen LogP contribution in [-0.2, 0) is 36.8 Å². The summed E-state index contributed by atoms with van der Waals surface area (Å²) in [5, 5.41) is 3.77. The van der Waals surface area contributed by atoms with Gasteiger partial charge in [-0.05, 0) is 12.1 Å². The molecule has 154 valence electrons. The Kier molecular flexibility index (Phi) is 4.78. The molecule has 0 amide bonds. The molecule has 3 aromatic heterocycles. The number of imidazole rings is 1. The van der Waals surface area contributed by atoms with Crippen molar-refractivity contribution in [2.45, 2.75) is 13.2 Å². The highest BCUT2D eigenvalue weighted by molar-refractivity contribution is 5.75. The molecule has 3 heterocycles. The summed E-state index contributed by atoms with van der Waals surface area (Å²) < 4.78 is 27.6. The fraction of sp³-hybridized carbons (Fsp3) is 0.211. The van der Waals surface area contributed by atoms with E-state index in [0.717, 1.165) is 4.57 Å². The average molecular weight is 413 g/mol. The lowest BCUT2D eigenvalue weighted by Gasteiger charge is -2.06. The number of aryl methyl sites for hydroxylation is 1. The van der Waals surface area contributed by atoms with Gasteiger partial charge in [0.15, 0.2) is 16.9 Å². The molecule has 0 saturated carbocycles. The van der Waals surface area contributed by atoms with Crippen LogP contribution >= 0.6 is 0 Å². The number of aromatic nitrogens is 5. The van der Waals surface area contributed by atoms with E-state index in [2.05, 4.69) is 10.1 Å². The quantitative estimate of drug-likeness (QED) is 0.448. The summed E-state index contributed by atoms with van der Waals surface area (Å²) in [6, 6.07) is 7.54. The molecule has 0 radical (unpaired) electrons. The van der Waals surface area contributed by atoms with Crippen LogP contribution in [0.25, 0.3) is 22.5 Å². The maximum absolute atomic E-state index is 13.8. The van der Waals surface area contributed by atoms with E-state index in [9.17, 15) is 18.8 Å². The maximum atomic E-state index is 13.8. The number of hydrogen-bond donors (Lipinski definition) is 0. The van der Waals surface area contributed by atoms with Crippen molar-refractivity contribution in [3.05, 3.63) is 69.0 Å². The van der Waals surface area contributed by atoms with Gasteiger partial charge in [-0.3, -0.25) is 18.7 Å². The molecule has 0 aliphatic rings. The molecule has 0 spiro atoms. The van der Waals surface area contributed by atoms with Crippen molar-refractivity contribution in [2.24, 2.45) is 14.1 Å². The lowest BCUT2D eigenvalue weighted by molar-refractivity contribution is -0.145. The van der Waals surface area contributed by atoms with Gasteiger partial charge in [-0.2, -0.15) is 0 Å². The molecule has 11 heteroatoms. The molecule has 0 saturated heterocycles. The van der Waals surface area contributed by atoms with Crippen molar-refractivity contribution in [2.75, 3.05) is 0 Å². The van der Waals surface area contributed by atoms with E-state index >= 15 is 0 Å². The van der Waals surface area contributed by atoms with Crippen LogP contribution in [0.15, 0.2) is 50.8 Å². The van der Waals surface area contributed by atoms with E-state index in [0.29, 0.717) is 5.69 Å². The Balaban J connectivity index is 1.48. The summed E-state index contributed by atoms with van der Waals surface area (Å²) in [6.45, 7) is -0.484. The van der Waals surface area contributed by atoms with E-state index in [-0.39, 0.29) is 35.6 Å². The molecule has 4 rings (SSSR count). The molecule has 0 aliphatic heterocycles. The van der Waals surface area contributed by atoms with Gasteiger partial charge in [0, 0.05) is 20.2 Å². The van der Waals surface area contributed by atoms with Gasteiger partial charge in [0.2, 0.25) is 0 Å². The molecular weight excluding hydrogens is 397 g/mol. The first-order valence-corrected chi connectivity index (χ1v) is 8.83. The summed E-state index contributed by atoms with van der Waals surface area (Å²) in [5.41, 5.74) is -0.257. The Labute approximate surface area is 167 Å². The number of rotatable bonds is 5. The molecular formula is C19H16FN5O5. The number of nitrogens with zero attached hydrogens (tertiary/aromatic N) is 5. The van der Waals surface area contributed by atoms with Crippen LogP contribution in [0.2, 0.25) is 0 Å². The fourth-order valence-electron chi connectivity index (χ4n) is 3.02. The van der Waals surface area contributed by atoms with Crippen molar-refractivity contribution in [3.8, 4) is 11.3 Å². The minimum absolute atomic E-state index is 0.111. The van der Waals surface area contributed by atoms with Gasteiger partial charge in [0.05, 0.1) is 11.9 Å². The number of halogens is 1. The first kappa shape index (κ1) is 19.3. The largest absolute Gasteiger partial charge is 0.458 e. The Morgan fingerprint density at radius 2 is 1.97 bits per heavy atom. The standard InChI is InChI=1S/C19H16FN5O5/c1-23-17-16(18(27)24(2)19(23)28)25(10-21-17)8-15(26)29-9-11-7-14(30-22-11)12-5-3-4-6-13(12)20/h3-7,10H,8-9H2,1-2H3. The third kappa shape index (κ3) is 3.30. The number of hydrogen-bond acceptors (Lipinski definition) is 7. The van der Waals surface area contributed by atoms with Gasteiger partial charge in [-0.15, -0.1) is 0 Å².